The van der Waals surface area contributed by atoms with Crippen molar-refractivity contribution in [1.29, 1.82) is 0 Å². The number of nitrogens with zero attached hydrogens (tertiary/aromatic N) is 4. The topological polar surface area (TPSA) is 69.6 Å². The van der Waals surface area contributed by atoms with Crippen molar-refractivity contribution in [1.82, 2.24) is 19.5 Å². The van der Waals surface area contributed by atoms with E-state index < -0.39 is 0 Å². The number of fused-ring (bicyclic) bond motifs is 2. The molecule has 0 saturated heterocycles. The van der Waals surface area contributed by atoms with E-state index >= 15 is 0 Å². The highest BCUT2D eigenvalue weighted by atomic mass is 35.5. The molecular weight excluding hydrogens is 405 g/mol. The van der Waals surface area contributed by atoms with Gasteiger partial charge in [-0.25, -0.2) is 15.0 Å². The minimum Gasteiger partial charge on any atom is -0.397 e. The molecule has 0 aliphatic rings. The summed E-state index contributed by atoms with van der Waals surface area (Å²) in [5.41, 5.74) is 11.0. The van der Waals surface area contributed by atoms with Crippen molar-refractivity contribution in [2.24, 2.45) is 0 Å². The lowest BCUT2D eigenvalue weighted by Crippen LogP contribution is -2.03. The second kappa shape index (κ2) is 6.72. The fourth-order valence-electron chi connectivity index (χ4n) is 3.56. The molecule has 0 aliphatic carbocycles. The van der Waals surface area contributed by atoms with Crippen LogP contribution in [0.4, 0.5) is 5.69 Å². The van der Waals surface area contributed by atoms with E-state index in [0.717, 1.165) is 22.5 Å². The molecule has 5 rings (SSSR count). The molecule has 7 heteroatoms. The van der Waals surface area contributed by atoms with E-state index in [1.165, 1.54) is 0 Å². The van der Waals surface area contributed by atoms with Crippen molar-refractivity contribution in [3.63, 3.8) is 0 Å². The van der Waals surface area contributed by atoms with Gasteiger partial charge in [0.15, 0.2) is 5.65 Å². The van der Waals surface area contributed by atoms with Crippen LogP contribution in [-0.4, -0.2) is 19.5 Å². The Morgan fingerprint density at radius 2 is 1.69 bits per heavy atom. The molecule has 0 fully saturated rings. The van der Waals surface area contributed by atoms with E-state index in [0.29, 0.717) is 38.1 Å². The molecule has 2 aromatic carbocycles. The number of pyridine rings is 2. The monoisotopic (exact) mass is 419 g/mol. The number of halogens is 2. The van der Waals surface area contributed by atoms with Crippen LogP contribution in [0.3, 0.4) is 0 Å². The Labute approximate surface area is 176 Å². The van der Waals surface area contributed by atoms with Gasteiger partial charge in [-0.15, -0.1) is 0 Å². The molecule has 0 radical (unpaired) electrons. The normalized spacial score (nSPS) is 11.4. The van der Waals surface area contributed by atoms with Crippen molar-refractivity contribution in [2.45, 2.75) is 6.92 Å². The summed E-state index contributed by atoms with van der Waals surface area (Å²) in [5.74, 6) is 0.752. The Balaban J connectivity index is 1.94. The van der Waals surface area contributed by atoms with Crippen LogP contribution in [0, 0.1) is 6.92 Å². The third-order valence-electron chi connectivity index (χ3n) is 4.89. The van der Waals surface area contributed by atoms with E-state index in [-0.39, 0.29) is 0 Å². The molecule has 3 aromatic heterocycles. The van der Waals surface area contributed by atoms with Crippen LogP contribution < -0.4 is 5.73 Å². The van der Waals surface area contributed by atoms with Crippen LogP contribution in [0.2, 0.25) is 10.0 Å². The molecule has 0 unspecified atom stereocenters. The highest BCUT2D eigenvalue weighted by molar-refractivity contribution is 6.35. The van der Waals surface area contributed by atoms with E-state index in [9.17, 15) is 0 Å². The van der Waals surface area contributed by atoms with Gasteiger partial charge in [0.25, 0.3) is 0 Å². The maximum Gasteiger partial charge on any atom is 0.166 e. The van der Waals surface area contributed by atoms with Gasteiger partial charge in [-0.3, -0.25) is 4.57 Å². The quantitative estimate of drug-likeness (QED) is 0.390. The lowest BCUT2D eigenvalue weighted by molar-refractivity contribution is 0.984. The average molecular weight is 420 g/mol. The maximum absolute atomic E-state index is 6.53. The average Bonchev–Trinajstić information content (AvgIpc) is 3.05. The summed E-state index contributed by atoms with van der Waals surface area (Å²) >= 11 is 13.0. The van der Waals surface area contributed by atoms with Gasteiger partial charge in [-0.05, 0) is 31.2 Å². The largest absolute Gasteiger partial charge is 0.397 e. The molecule has 29 heavy (non-hydrogen) atoms. The summed E-state index contributed by atoms with van der Waals surface area (Å²) in [6, 6.07) is 17.1. The SMILES string of the molecule is Cc1nc2c(N)ccnc2n1-c1cc2cccc(Cl)c2nc1-c1ccccc1Cl. The number of anilines is 1. The van der Waals surface area contributed by atoms with E-state index in [1.54, 1.807) is 12.3 Å². The van der Waals surface area contributed by atoms with Crippen LogP contribution >= 0.6 is 23.2 Å². The minimum absolute atomic E-state index is 0.577. The summed E-state index contributed by atoms with van der Waals surface area (Å²) < 4.78 is 1.96. The number of aryl methyl sites for hydroxylation is 1. The Morgan fingerprint density at radius 3 is 2.52 bits per heavy atom. The number of nitrogens with two attached hydrogens (primary N) is 1. The first kappa shape index (κ1) is 17.9. The zero-order valence-electron chi connectivity index (χ0n) is 15.4. The van der Waals surface area contributed by atoms with Gasteiger partial charge >= 0.3 is 0 Å². The van der Waals surface area contributed by atoms with E-state index in [4.69, 9.17) is 33.9 Å². The molecule has 0 atom stereocenters. The predicted molar refractivity (Wildman–Crippen MR) is 119 cm³/mol. The van der Waals surface area contributed by atoms with Crippen LogP contribution in [0.25, 0.3) is 39.0 Å². The van der Waals surface area contributed by atoms with Crippen LogP contribution in [0.1, 0.15) is 5.82 Å². The smallest absolute Gasteiger partial charge is 0.166 e. The summed E-state index contributed by atoms with van der Waals surface area (Å²) in [6.07, 6.45) is 1.68. The molecule has 5 nitrogen and oxygen atoms in total. The molecule has 0 spiro atoms. The van der Waals surface area contributed by atoms with Gasteiger partial charge in [0.2, 0.25) is 0 Å². The molecule has 0 bridgehead atoms. The Bertz CT molecular complexity index is 1410. The summed E-state index contributed by atoms with van der Waals surface area (Å²) in [6.45, 7) is 1.92. The van der Waals surface area contributed by atoms with Crippen molar-refractivity contribution in [3.8, 4) is 16.9 Å². The van der Waals surface area contributed by atoms with Gasteiger partial charge in [0.1, 0.15) is 11.3 Å². The summed E-state index contributed by atoms with van der Waals surface area (Å²) in [4.78, 5) is 14.1. The summed E-state index contributed by atoms with van der Waals surface area (Å²) in [7, 11) is 0. The van der Waals surface area contributed by atoms with Crippen molar-refractivity contribution >= 4 is 51.0 Å². The highest BCUT2D eigenvalue weighted by Crippen LogP contribution is 2.36. The standard InChI is InChI=1S/C22H15Cl2N5/c1-12-27-21-17(25)9-10-26-22(21)29(12)18-11-13-5-4-8-16(24)19(13)28-20(18)14-6-2-3-7-15(14)23/h2-11H,1H3,(H2,25,26). The van der Waals surface area contributed by atoms with E-state index in [1.807, 2.05) is 60.0 Å². The Morgan fingerprint density at radius 1 is 0.897 bits per heavy atom. The van der Waals surface area contributed by atoms with Crippen LogP contribution in [0.5, 0.6) is 0 Å². The van der Waals surface area contributed by atoms with Crippen molar-refractivity contribution in [2.75, 3.05) is 5.73 Å². The highest BCUT2D eigenvalue weighted by Gasteiger charge is 2.20. The van der Waals surface area contributed by atoms with Gasteiger partial charge in [0.05, 0.1) is 32.6 Å². The second-order valence-corrected chi connectivity index (χ2v) is 7.53. The van der Waals surface area contributed by atoms with E-state index in [2.05, 4.69) is 9.97 Å². The first-order chi connectivity index (χ1) is 14.0. The number of benzene rings is 2. The fourth-order valence-corrected chi connectivity index (χ4v) is 4.01. The first-order valence-electron chi connectivity index (χ1n) is 8.98. The molecule has 142 valence electrons. The maximum atomic E-state index is 6.53. The van der Waals surface area contributed by atoms with Crippen molar-refractivity contribution < 1.29 is 0 Å². The van der Waals surface area contributed by atoms with Gasteiger partial charge in [0, 0.05) is 17.1 Å². The number of rotatable bonds is 2. The number of hydrogen-bond acceptors (Lipinski definition) is 4. The van der Waals surface area contributed by atoms with Gasteiger partial charge in [-0.2, -0.15) is 0 Å². The molecule has 5 aromatic rings. The summed E-state index contributed by atoms with van der Waals surface area (Å²) in [5, 5.41) is 2.09. The number of para-hydroxylation sites is 1. The number of imidazole rings is 1. The zero-order chi connectivity index (χ0) is 20.1. The molecule has 2 N–H and O–H groups in total. The number of nitrogen functional groups attached to an aromatic ring is 1. The molecular formula is C22H15Cl2N5. The van der Waals surface area contributed by atoms with Crippen LogP contribution in [-0.2, 0) is 0 Å². The lowest BCUT2D eigenvalue weighted by atomic mass is 10.1. The molecule has 0 aliphatic heterocycles. The lowest BCUT2D eigenvalue weighted by Gasteiger charge is -2.15. The van der Waals surface area contributed by atoms with Gasteiger partial charge < -0.3 is 5.73 Å². The Hall–Kier alpha value is -3.15. The number of aromatic nitrogens is 4. The second-order valence-electron chi connectivity index (χ2n) is 6.71. The third kappa shape index (κ3) is 2.82. The molecule has 0 saturated carbocycles. The minimum atomic E-state index is 0.577. The van der Waals surface area contributed by atoms with Gasteiger partial charge in [-0.1, -0.05) is 53.5 Å². The zero-order valence-corrected chi connectivity index (χ0v) is 16.9. The first-order valence-corrected chi connectivity index (χ1v) is 9.74. The number of hydrogen-bond donors (Lipinski definition) is 1. The Kier molecular flexibility index (Phi) is 4.15. The van der Waals surface area contributed by atoms with Crippen LogP contribution in [0.15, 0.2) is 60.8 Å². The predicted octanol–water partition coefficient (Wildman–Crippen LogP) is 5.83. The van der Waals surface area contributed by atoms with Crippen molar-refractivity contribution in [3.05, 3.63) is 76.7 Å². The fraction of sp³-hybridized carbons (Fsp3) is 0.0455. The molecule has 0 amide bonds. The molecule has 3 heterocycles. The third-order valence-corrected chi connectivity index (χ3v) is 5.53.